The number of carbonyl (C=O) groups excluding carboxylic acids is 2. The molecule has 1 atom stereocenters. The molecule has 9 nitrogen and oxygen atoms in total. The Morgan fingerprint density at radius 1 is 1.17 bits per heavy atom. The van der Waals surface area contributed by atoms with Crippen molar-refractivity contribution >= 4 is 18.3 Å². The van der Waals surface area contributed by atoms with Crippen molar-refractivity contribution in [3.8, 4) is 11.5 Å². The molecule has 3 rings (SSSR count). The van der Waals surface area contributed by atoms with E-state index in [-0.39, 0.29) is 31.4 Å². The normalized spacial score (nSPS) is 15.9. The van der Waals surface area contributed by atoms with Crippen molar-refractivity contribution in [2.24, 2.45) is 0 Å². The number of carboxylic acid groups (broad SMARTS) is 1. The topological polar surface area (TPSA) is 109 Å². The zero-order valence-electron chi connectivity index (χ0n) is 17.1. The summed E-state index contributed by atoms with van der Waals surface area (Å²) < 4.78 is 10.7. The van der Waals surface area contributed by atoms with Crippen molar-refractivity contribution < 1.29 is 29.0 Å². The molecule has 2 amide bonds. The first kappa shape index (κ1) is 22.7. The first-order chi connectivity index (χ1) is 14.5. The molecule has 1 fully saturated rings. The minimum atomic E-state index is -0.587. The Bertz CT molecular complexity index is 874. The van der Waals surface area contributed by atoms with Gasteiger partial charge in [-0.15, -0.1) is 0 Å². The van der Waals surface area contributed by atoms with E-state index in [4.69, 9.17) is 19.4 Å². The number of aromatic nitrogens is 1. The third kappa shape index (κ3) is 5.25. The highest BCUT2D eigenvalue weighted by atomic mass is 16.5. The Balaban J connectivity index is 0.00000101. The van der Waals surface area contributed by atoms with Gasteiger partial charge in [0.1, 0.15) is 11.7 Å². The molecule has 1 saturated heterocycles. The number of methoxy groups -OCH3 is 2. The van der Waals surface area contributed by atoms with Gasteiger partial charge < -0.3 is 24.4 Å². The van der Waals surface area contributed by atoms with E-state index in [0.717, 1.165) is 5.56 Å². The molecule has 0 bridgehead atoms. The van der Waals surface area contributed by atoms with Crippen LogP contribution in [0.1, 0.15) is 11.3 Å². The van der Waals surface area contributed by atoms with Crippen molar-refractivity contribution in [1.82, 2.24) is 14.8 Å². The summed E-state index contributed by atoms with van der Waals surface area (Å²) in [4.78, 5) is 41.3. The van der Waals surface area contributed by atoms with E-state index in [1.165, 1.54) is 12.0 Å². The maximum Gasteiger partial charge on any atom is 0.290 e. The minimum Gasteiger partial charge on any atom is -0.493 e. The zero-order valence-corrected chi connectivity index (χ0v) is 17.1. The fourth-order valence-corrected chi connectivity index (χ4v) is 3.29. The lowest BCUT2D eigenvalue weighted by molar-refractivity contribution is -0.155. The monoisotopic (exact) mass is 415 g/mol. The van der Waals surface area contributed by atoms with Crippen LogP contribution in [-0.2, 0) is 27.3 Å². The lowest BCUT2D eigenvalue weighted by Gasteiger charge is -2.39. The lowest BCUT2D eigenvalue weighted by atomic mass is 10.0. The van der Waals surface area contributed by atoms with Crippen molar-refractivity contribution in [1.29, 1.82) is 0 Å². The summed E-state index contributed by atoms with van der Waals surface area (Å²) in [5.41, 5.74) is 1.55. The molecule has 1 aromatic heterocycles. The van der Waals surface area contributed by atoms with E-state index in [1.807, 2.05) is 30.3 Å². The van der Waals surface area contributed by atoms with Gasteiger partial charge in [-0.1, -0.05) is 30.3 Å². The van der Waals surface area contributed by atoms with E-state index < -0.39 is 6.04 Å². The quantitative estimate of drug-likeness (QED) is 0.706. The smallest absolute Gasteiger partial charge is 0.290 e. The number of likely N-dealkylation sites (N-methyl/N-ethyl adjacent to an activating group) is 1. The van der Waals surface area contributed by atoms with E-state index in [0.29, 0.717) is 23.6 Å². The highest BCUT2D eigenvalue weighted by Gasteiger charge is 2.38. The van der Waals surface area contributed by atoms with Gasteiger partial charge in [0, 0.05) is 25.7 Å². The average molecular weight is 415 g/mol. The molecule has 0 unspecified atom stereocenters. The molecule has 9 heteroatoms. The Labute approximate surface area is 174 Å². The maximum absolute atomic E-state index is 12.8. The van der Waals surface area contributed by atoms with Gasteiger partial charge in [0.05, 0.1) is 27.3 Å². The number of piperazine rings is 1. The predicted octanol–water partition coefficient (Wildman–Crippen LogP) is 1.21. The lowest BCUT2D eigenvalue weighted by Crippen LogP contribution is -2.59. The van der Waals surface area contributed by atoms with E-state index in [1.54, 1.807) is 31.3 Å². The molecule has 2 aromatic rings. The van der Waals surface area contributed by atoms with E-state index in [9.17, 15) is 9.59 Å². The Morgan fingerprint density at radius 3 is 2.43 bits per heavy atom. The highest BCUT2D eigenvalue weighted by Crippen LogP contribution is 2.31. The van der Waals surface area contributed by atoms with Gasteiger partial charge in [0.15, 0.2) is 11.5 Å². The van der Waals surface area contributed by atoms with Crippen LogP contribution in [0.5, 0.6) is 11.5 Å². The Hall–Kier alpha value is -3.62. The minimum absolute atomic E-state index is 0.0520. The molecule has 0 saturated carbocycles. The predicted molar refractivity (Wildman–Crippen MR) is 108 cm³/mol. The summed E-state index contributed by atoms with van der Waals surface area (Å²) in [5.74, 6) is 0.803. The van der Waals surface area contributed by atoms with Gasteiger partial charge in [-0.3, -0.25) is 19.4 Å². The van der Waals surface area contributed by atoms with Gasteiger partial charge in [-0.2, -0.15) is 0 Å². The number of rotatable bonds is 6. The first-order valence-electron chi connectivity index (χ1n) is 9.18. The van der Waals surface area contributed by atoms with E-state index in [2.05, 4.69) is 4.98 Å². The van der Waals surface area contributed by atoms with Crippen molar-refractivity contribution in [3.63, 3.8) is 0 Å². The maximum atomic E-state index is 12.8. The van der Waals surface area contributed by atoms with Crippen molar-refractivity contribution in [2.75, 3.05) is 27.8 Å². The van der Waals surface area contributed by atoms with Gasteiger partial charge in [0.2, 0.25) is 11.8 Å². The Kier molecular flexibility index (Phi) is 8.16. The molecule has 0 aliphatic carbocycles. The SMILES string of the molecule is COc1ccnc(CN2C(=O)CN(C)C(=O)[C@H]2Cc2ccccc2)c1OC.O=CO. The van der Waals surface area contributed by atoms with Crippen LogP contribution in [0.3, 0.4) is 0 Å². The number of ether oxygens (including phenoxy) is 2. The average Bonchev–Trinajstić information content (AvgIpc) is 2.75. The van der Waals surface area contributed by atoms with Crippen LogP contribution in [-0.4, -0.2) is 72.0 Å². The zero-order chi connectivity index (χ0) is 22.1. The van der Waals surface area contributed by atoms with Crippen LogP contribution in [0.15, 0.2) is 42.6 Å². The van der Waals surface area contributed by atoms with Gasteiger partial charge in [0.25, 0.3) is 6.47 Å². The molecule has 1 N–H and O–H groups in total. The number of hydrogen-bond acceptors (Lipinski definition) is 6. The molecule has 0 spiro atoms. The van der Waals surface area contributed by atoms with Gasteiger partial charge in [-0.25, -0.2) is 0 Å². The number of amides is 2. The van der Waals surface area contributed by atoms with Gasteiger partial charge in [-0.05, 0) is 5.56 Å². The summed E-state index contributed by atoms with van der Waals surface area (Å²) in [6.07, 6.45) is 2.05. The molecule has 0 radical (unpaired) electrons. The van der Waals surface area contributed by atoms with Crippen molar-refractivity contribution in [3.05, 3.63) is 53.9 Å². The highest BCUT2D eigenvalue weighted by molar-refractivity contribution is 5.94. The van der Waals surface area contributed by atoms with E-state index >= 15 is 0 Å². The summed E-state index contributed by atoms with van der Waals surface area (Å²) in [5, 5.41) is 6.89. The number of carbonyl (C=O) groups is 3. The first-order valence-corrected chi connectivity index (χ1v) is 9.18. The molecular weight excluding hydrogens is 390 g/mol. The molecule has 1 aromatic carbocycles. The van der Waals surface area contributed by atoms with Crippen LogP contribution in [0.25, 0.3) is 0 Å². The van der Waals surface area contributed by atoms with Crippen LogP contribution in [0.4, 0.5) is 0 Å². The standard InChI is InChI=1S/C20H23N3O4.CH2O2/c1-22-13-18(24)23(12-15-19(27-3)17(26-2)9-10-21-15)16(20(22)25)11-14-7-5-4-6-8-14;2-1-3/h4-10,16H,11-13H2,1-3H3;1H,(H,2,3)/t16-;/m1./s1. The molecule has 1 aliphatic rings. The van der Waals surface area contributed by atoms with Crippen LogP contribution in [0.2, 0.25) is 0 Å². The fourth-order valence-electron chi connectivity index (χ4n) is 3.29. The van der Waals surface area contributed by atoms with Crippen LogP contribution >= 0.6 is 0 Å². The molecule has 160 valence electrons. The number of pyridine rings is 1. The summed E-state index contributed by atoms with van der Waals surface area (Å²) in [7, 11) is 4.73. The number of nitrogens with zero attached hydrogens (tertiary/aromatic N) is 3. The largest absolute Gasteiger partial charge is 0.493 e. The Morgan fingerprint density at radius 2 is 1.83 bits per heavy atom. The molecule has 30 heavy (non-hydrogen) atoms. The van der Waals surface area contributed by atoms with Crippen LogP contribution < -0.4 is 9.47 Å². The summed E-state index contributed by atoms with van der Waals surface area (Å²) in [6, 6.07) is 10.8. The number of hydrogen-bond donors (Lipinski definition) is 1. The third-order valence-electron chi connectivity index (χ3n) is 4.69. The van der Waals surface area contributed by atoms with Crippen LogP contribution in [0, 0.1) is 0 Å². The molecule has 1 aliphatic heterocycles. The second-order valence-electron chi connectivity index (χ2n) is 6.52. The van der Waals surface area contributed by atoms with Crippen molar-refractivity contribution in [2.45, 2.75) is 19.0 Å². The second kappa shape index (κ2) is 10.8. The summed E-state index contributed by atoms with van der Waals surface area (Å²) in [6.45, 7) is -0.0211. The molecule has 2 heterocycles. The summed E-state index contributed by atoms with van der Waals surface area (Å²) >= 11 is 0. The fraction of sp³-hybridized carbons (Fsp3) is 0.333. The number of benzene rings is 1. The molecular formula is C21H25N3O6. The third-order valence-corrected chi connectivity index (χ3v) is 4.69. The van der Waals surface area contributed by atoms with Gasteiger partial charge >= 0.3 is 0 Å². The second-order valence-corrected chi connectivity index (χ2v) is 6.52.